The summed E-state index contributed by atoms with van der Waals surface area (Å²) in [7, 11) is 0. The molecule has 0 bridgehead atoms. The van der Waals surface area contributed by atoms with Gasteiger partial charge >= 0.3 is 0 Å². The molecule has 0 heterocycles. The van der Waals surface area contributed by atoms with E-state index in [0.29, 0.717) is 5.92 Å². The number of aliphatic hydroxyl groups excluding tert-OH is 1. The molecule has 64 valence electrons. The minimum atomic E-state index is -0.00787. The van der Waals surface area contributed by atoms with Gasteiger partial charge < -0.3 is 10.8 Å². The molecule has 0 amide bonds. The van der Waals surface area contributed by atoms with Gasteiger partial charge in [-0.1, -0.05) is 12.2 Å². The van der Waals surface area contributed by atoms with Crippen LogP contribution in [-0.4, -0.2) is 17.8 Å². The van der Waals surface area contributed by atoms with Crippen molar-refractivity contribution in [1.29, 1.82) is 0 Å². The van der Waals surface area contributed by atoms with Gasteiger partial charge in [-0.05, 0) is 31.6 Å². The molecule has 0 aliphatic heterocycles. The third-order valence-corrected chi connectivity index (χ3v) is 2.25. The fraction of sp³-hybridized carbons (Fsp3) is 0.778. The van der Waals surface area contributed by atoms with Crippen LogP contribution >= 0.6 is 0 Å². The number of aliphatic hydroxyl groups is 1. The summed E-state index contributed by atoms with van der Waals surface area (Å²) in [6.45, 7) is 0.125. The minimum absolute atomic E-state index is 0.00787. The van der Waals surface area contributed by atoms with Crippen molar-refractivity contribution < 1.29 is 5.11 Å². The van der Waals surface area contributed by atoms with E-state index in [1.54, 1.807) is 0 Å². The maximum Gasteiger partial charge on any atom is 0.0582 e. The summed E-state index contributed by atoms with van der Waals surface area (Å²) in [6.07, 6.45) is 8.99. The highest BCUT2D eigenvalue weighted by molar-refractivity contribution is 4.90. The zero-order valence-corrected chi connectivity index (χ0v) is 6.87. The average molecular weight is 155 g/mol. The monoisotopic (exact) mass is 155 g/mol. The second kappa shape index (κ2) is 4.52. The highest BCUT2D eigenvalue weighted by atomic mass is 16.3. The van der Waals surface area contributed by atoms with Crippen LogP contribution in [-0.2, 0) is 0 Å². The second-order valence-electron chi connectivity index (χ2n) is 3.33. The maximum atomic E-state index is 8.72. The lowest BCUT2D eigenvalue weighted by Crippen LogP contribution is -2.27. The highest BCUT2D eigenvalue weighted by Gasteiger charge is 2.12. The first kappa shape index (κ1) is 8.75. The van der Waals surface area contributed by atoms with Crippen molar-refractivity contribution in [2.24, 2.45) is 11.7 Å². The molecule has 0 aromatic carbocycles. The summed E-state index contributed by atoms with van der Waals surface area (Å²) < 4.78 is 0. The largest absolute Gasteiger partial charge is 0.395 e. The highest BCUT2D eigenvalue weighted by Crippen LogP contribution is 2.21. The first-order valence-corrected chi connectivity index (χ1v) is 4.34. The van der Waals surface area contributed by atoms with Crippen LogP contribution in [0.5, 0.6) is 0 Å². The Balaban J connectivity index is 2.20. The van der Waals surface area contributed by atoms with E-state index in [0.717, 1.165) is 12.8 Å². The van der Waals surface area contributed by atoms with E-state index in [2.05, 4.69) is 12.2 Å². The third kappa shape index (κ3) is 3.04. The van der Waals surface area contributed by atoms with Gasteiger partial charge in [0.2, 0.25) is 0 Å². The Morgan fingerprint density at radius 1 is 1.55 bits per heavy atom. The van der Waals surface area contributed by atoms with Gasteiger partial charge in [-0.2, -0.15) is 0 Å². The predicted molar refractivity (Wildman–Crippen MR) is 46.2 cm³/mol. The Morgan fingerprint density at radius 2 is 2.36 bits per heavy atom. The van der Waals surface area contributed by atoms with Gasteiger partial charge in [0.15, 0.2) is 0 Å². The normalized spacial score (nSPS) is 26.9. The van der Waals surface area contributed by atoms with Crippen LogP contribution in [0.1, 0.15) is 25.7 Å². The average Bonchev–Trinajstić information content (AvgIpc) is 2.06. The van der Waals surface area contributed by atoms with E-state index in [-0.39, 0.29) is 12.6 Å². The van der Waals surface area contributed by atoms with Crippen LogP contribution in [0, 0.1) is 5.92 Å². The van der Waals surface area contributed by atoms with Crippen LogP contribution in [0.25, 0.3) is 0 Å². The molecule has 2 atom stereocenters. The summed E-state index contributed by atoms with van der Waals surface area (Å²) in [5.74, 6) is 0.710. The van der Waals surface area contributed by atoms with Crippen molar-refractivity contribution in [1.82, 2.24) is 0 Å². The Hall–Kier alpha value is -0.340. The molecule has 0 radical (unpaired) electrons. The van der Waals surface area contributed by atoms with Crippen molar-refractivity contribution in [2.45, 2.75) is 31.7 Å². The number of hydrogen-bond acceptors (Lipinski definition) is 2. The van der Waals surface area contributed by atoms with Gasteiger partial charge in [-0.15, -0.1) is 0 Å². The topological polar surface area (TPSA) is 46.2 Å². The molecule has 1 aliphatic carbocycles. The third-order valence-electron chi connectivity index (χ3n) is 2.25. The Bertz CT molecular complexity index is 134. The first-order valence-electron chi connectivity index (χ1n) is 4.34. The van der Waals surface area contributed by atoms with E-state index in [4.69, 9.17) is 10.8 Å². The standard InChI is InChI=1S/C9H17NO/c10-9(7-11)6-8-4-2-1-3-5-8/h1-2,8-9,11H,3-7,10H2. The van der Waals surface area contributed by atoms with Crippen molar-refractivity contribution in [2.75, 3.05) is 6.61 Å². The lowest BCUT2D eigenvalue weighted by Gasteiger charge is -2.20. The molecule has 1 aliphatic rings. The van der Waals surface area contributed by atoms with Crippen LogP contribution in [0.2, 0.25) is 0 Å². The second-order valence-corrected chi connectivity index (χ2v) is 3.33. The minimum Gasteiger partial charge on any atom is -0.395 e. The lowest BCUT2D eigenvalue weighted by molar-refractivity contribution is 0.241. The first-order chi connectivity index (χ1) is 5.33. The zero-order valence-electron chi connectivity index (χ0n) is 6.87. The fourth-order valence-electron chi connectivity index (χ4n) is 1.57. The molecule has 2 unspecified atom stereocenters. The quantitative estimate of drug-likeness (QED) is 0.598. The van der Waals surface area contributed by atoms with Gasteiger partial charge in [0, 0.05) is 6.04 Å². The fourth-order valence-corrected chi connectivity index (χ4v) is 1.57. The summed E-state index contributed by atoms with van der Waals surface area (Å²) in [6, 6.07) is -0.00787. The predicted octanol–water partition coefficient (Wildman–Crippen LogP) is 1.05. The SMILES string of the molecule is NC(CO)CC1CC=CCC1. The maximum absolute atomic E-state index is 8.72. The molecule has 1 rings (SSSR count). The number of nitrogens with two attached hydrogens (primary N) is 1. The molecule has 0 aromatic rings. The summed E-state index contributed by atoms with van der Waals surface area (Å²) in [5, 5.41) is 8.72. The van der Waals surface area contributed by atoms with Crippen molar-refractivity contribution in [3.63, 3.8) is 0 Å². The van der Waals surface area contributed by atoms with E-state index in [1.165, 1.54) is 12.8 Å². The summed E-state index contributed by atoms with van der Waals surface area (Å²) in [5.41, 5.74) is 5.63. The van der Waals surface area contributed by atoms with E-state index >= 15 is 0 Å². The zero-order chi connectivity index (χ0) is 8.10. The Kier molecular flexibility index (Phi) is 3.60. The van der Waals surface area contributed by atoms with Gasteiger partial charge in [-0.25, -0.2) is 0 Å². The molecule has 2 heteroatoms. The van der Waals surface area contributed by atoms with Crippen LogP contribution in [0.3, 0.4) is 0 Å². The molecule has 3 N–H and O–H groups in total. The molecule has 0 saturated heterocycles. The molecule has 0 saturated carbocycles. The van der Waals surface area contributed by atoms with Crippen LogP contribution in [0.15, 0.2) is 12.2 Å². The molecular weight excluding hydrogens is 138 g/mol. The van der Waals surface area contributed by atoms with Crippen molar-refractivity contribution in [3.8, 4) is 0 Å². The van der Waals surface area contributed by atoms with Gasteiger partial charge in [0.25, 0.3) is 0 Å². The van der Waals surface area contributed by atoms with Gasteiger partial charge in [0.05, 0.1) is 6.61 Å². The van der Waals surface area contributed by atoms with Crippen molar-refractivity contribution >= 4 is 0 Å². The molecule has 11 heavy (non-hydrogen) atoms. The Labute approximate surface area is 68.1 Å². The molecule has 0 spiro atoms. The summed E-state index contributed by atoms with van der Waals surface area (Å²) >= 11 is 0. The lowest BCUT2D eigenvalue weighted by atomic mass is 9.89. The van der Waals surface area contributed by atoms with E-state index < -0.39 is 0 Å². The van der Waals surface area contributed by atoms with E-state index in [9.17, 15) is 0 Å². The van der Waals surface area contributed by atoms with Gasteiger partial charge in [-0.3, -0.25) is 0 Å². The van der Waals surface area contributed by atoms with Crippen LogP contribution in [0.4, 0.5) is 0 Å². The molecular formula is C9H17NO. The molecule has 0 aromatic heterocycles. The number of rotatable bonds is 3. The summed E-state index contributed by atoms with van der Waals surface area (Å²) in [4.78, 5) is 0. The number of allylic oxidation sites excluding steroid dienone is 2. The smallest absolute Gasteiger partial charge is 0.0582 e. The molecule has 2 nitrogen and oxygen atoms in total. The molecule has 0 fully saturated rings. The van der Waals surface area contributed by atoms with Gasteiger partial charge in [0.1, 0.15) is 0 Å². The Morgan fingerprint density at radius 3 is 2.91 bits per heavy atom. The van der Waals surface area contributed by atoms with E-state index in [1.807, 2.05) is 0 Å². The van der Waals surface area contributed by atoms with Crippen LogP contribution < -0.4 is 5.73 Å². The number of hydrogen-bond donors (Lipinski definition) is 2. The van der Waals surface area contributed by atoms with Crippen molar-refractivity contribution in [3.05, 3.63) is 12.2 Å².